The summed E-state index contributed by atoms with van der Waals surface area (Å²) >= 11 is 5.62. The van der Waals surface area contributed by atoms with Crippen LogP contribution >= 0.6 is 11.6 Å². The predicted octanol–water partition coefficient (Wildman–Crippen LogP) is 3.35. The molecule has 0 aliphatic heterocycles. The maximum Gasteiger partial charge on any atom is 0.133 e. The Hall–Kier alpha value is -0.690. The van der Waals surface area contributed by atoms with E-state index in [1.807, 2.05) is 0 Å². The number of furan rings is 2. The van der Waals surface area contributed by atoms with E-state index in [0.29, 0.717) is 0 Å². The number of rotatable bonds is 3. The van der Waals surface area contributed by atoms with Crippen molar-refractivity contribution in [3.63, 3.8) is 0 Å². The van der Waals surface area contributed by atoms with Crippen LogP contribution in [-0.4, -0.2) is 5.88 Å². The molecule has 0 saturated carbocycles. The second-order valence-electron chi connectivity index (χ2n) is 3.12. The van der Waals surface area contributed by atoms with E-state index in [1.165, 1.54) is 11.1 Å². The van der Waals surface area contributed by atoms with Crippen LogP contribution in [0.15, 0.2) is 16.5 Å². The molecule has 1 nitrogen and oxygen atoms in total. The smallest absolute Gasteiger partial charge is 0.133 e. The number of fused-ring (bicyclic) bond motifs is 2. The highest BCUT2D eigenvalue weighted by molar-refractivity contribution is 6.17. The van der Waals surface area contributed by atoms with Crippen LogP contribution in [-0.2, 0) is 6.42 Å². The molecule has 64 valence electrons. The third kappa shape index (κ3) is 1.18. The first-order valence-corrected chi connectivity index (χ1v) is 4.72. The quantitative estimate of drug-likeness (QED) is 0.664. The van der Waals surface area contributed by atoms with E-state index < -0.39 is 0 Å². The molecule has 2 heterocycles. The van der Waals surface area contributed by atoms with Gasteiger partial charge in [-0.15, -0.1) is 11.6 Å². The summed E-state index contributed by atoms with van der Waals surface area (Å²) in [5.74, 6) is 0.725. The van der Waals surface area contributed by atoms with Crippen molar-refractivity contribution in [2.24, 2.45) is 0 Å². The summed E-state index contributed by atoms with van der Waals surface area (Å²) in [7, 11) is 0. The number of aryl methyl sites for hydroxylation is 2. The largest absolute Gasteiger partial charge is 0.457 e. The molecule has 12 heavy (non-hydrogen) atoms. The molecule has 2 heteroatoms. The maximum atomic E-state index is 5.62. The first kappa shape index (κ1) is 7.93. The molecule has 2 aromatic rings. The topological polar surface area (TPSA) is 13.1 Å². The Kier molecular flexibility index (Phi) is 1.97. The minimum atomic E-state index is 0.725. The molecule has 0 aromatic carbocycles. The van der Waals surface area contributed by atoms with Crippen molar-refractivity contribution in [2.45, 2.75) is 19.8 Å². The van der Waals surface area contributed by atoms with Crippen LogP contribution in [0.4, 0.5) is 0 Å². The zero-order valence-electron chi connectivity index (χ0n) is 7.06. The third-order valence-electron chi connectivity index (χ3n) is 2.12. The van der Waals surface area contributed by atoms with Gasteiger partial charge in [-0.25, -0.2) is 0 Å². The summed E-state index contributed by atoms with van der Waals surface area (Å²) in [5, 5.41) is 0. The molecule has 2 aromatic heterocycles. The summed E-state index contributed by atoms with van der Waals surface area (Å²) in [6, 6.07) is 4.18. The molecule has 2 rings (SSSR count). The van der Waals surface area contributed by atoms with Crippen molar-refractivity contribution >= 4 is 22.8 Å². The molecule has 0 unspecified atom stereocenters. The van der Waals surface area contributed by atoms with Gasteiger partial charge in [-0.05, 0) is 43.0 Å². The van der Waals surface area contributed by atoms with Crippen LogP contribution in [0, 0.1) is 6.92 Å². The molecule has 0 radical (unpaired) electrons. The van der Waals surface area contributed by atoms with Gasteiger partial charge >= 0.3 is 0 Å². The Morgan fingerprint density at radius 3 is 2.83 bits per heavy atom. The molecule has 0 aliphatic carbocycles. The SMILES string of the molecule is Cc1cc2cc(CCCCl)c1o2. The fourth-order valence-corrected chi connectivity index (χ4v) is 1.71. The van der Waals surface area contributed by atoms with Gasteiger partial charge < -0.3 is 4.42 Å². The highest BCUT2D eigenvalue weighted by Gasteiger charge is 2.09. The Morgan fingerprint density at radius 1 is 1.42 bits per heavy atom. The zero-order valence-corrected chi connectivity index (χ0v) is 7.82. The van der Waals surface area contributed by atoms with Crippen LogP contribution in [0.25, 0.3) is 11.2 Å². The summed E-state index contributed by atoms with van der Waals surface area (Å²) in [6.07, 6.45) is 2.06. The Bertz CT molecular complexity index is 364. The maximum absolute atomic E-state index is 5.62. The average Bonchev–Trinajstić information content (AvgIpc) is 2.58. The van der Waals surface area contributed by atoms with Crippen molar-refractivity contribution in [3.05, 3.63) is 23.3 Å². The van der Waals surface area contributed by atoms with Crippen molar-refractivity contribution in [1.29, 1.82) is 0 Å². The van der Waals surface area contributed by atoms with E-state index in [-0.39, 0.29) is 0 Å². The highest BCUT2D eigenvalue weighted by Crippen LogP contribution is 2.27. The van der Waals surface area contributed by atoms with Gasteiger partial charge in [0.05, 0.1) is 0 Å². The van der Waals surface area contributed by atoms with Gasteiger partial charge in [0.25, 0.3) is 0 Å². The van der Waals surface area contributed by atoms with E-state index in [4.69, 9.17) is 16.0 Å². The average molecular weight is 183 g/mol. The van der Waals surface area contributed by atoms with Gasteiger partial charge in [0.1, 0.15) is 11.2 Å². The molecule has 0 spiro atoms. The van der Waals surface area contributed by atoms with E-state index in [1.54, 1.807) is 0 Å². The van der Waals surface area contributed by atoms with Gasteiger partial charge in [-0.2, -0.15) is 0 Å². The second kappa shape index (κ2) is 2.98. The zero-order chi connectivity index (χ0) is 8.55. The fraction of sp³-hybridized carbons (Fsp3) is 0.400. The van der Waals surface area contributed by atoms with Crippen molar-refractivity contribution in [3.8, 4) is 0 Å². The lowest BCUT2D eigenvalue weighted by atomic mass is 10.1. The van der Waals surface area contributed by atoms with Crippen LogP contribution in [0.1, 0.15) is 17.5 Å². The van der Waals surface area contributed by atoms with Gasteiger partial charge in [0, 0.05) is 5.88 Å². The number of hydrogen-bond acceptors (Lipinski definition) is 1. The number of alkyl halides is 1. The third-order valence-corrected chi connectivity index (χ3v) is 2.39. The molecular weight excluding hydrogens is 172 g/mol. The van der Waals surface area contributed by atoms with Crippen LogP contribution in [0.2, 0.25) is 0 Å². The summed E-state index contributed by atoms with van der Waals surface area (Å²) in [5.41, 5.74) is 4.62. The van der Waals surface area contributed by atoms with E-state index in [0.717, 1.165) is 29.9 Å². The molecule has 0 fully saturated rings. The van der Waals surface area contributed by atoms with E-state index >= 15 is 0 Å². The summed E-state index contributed by atoms with van der Waals surface area (Å²) < 4.78 is 5.50. The normalized spacial score (nSPS) is 11.5. The van der Waals surface area contributed by atoms with Gasteiger partial charge in [-0.1, -0.05) is 0 Å². The fourth-order valence-electron chi connectivity index (χ4n) is 1.58. The Balaban J connectivity index is 2.27. The number of halogens is 1. The predicted molar refractivity (Wildman–Crippen MR) is 51.2 cm³/mol. The monoisotopic (exact) mass is 182 g/mol. The van der Waals surface area contributed by atoms with Crippen LogP contribution in [0.3, 0.4) is 0 Å². The lowest BCUT2D eigenvalue weighted by Gasteiger charge is -1.95. The summed E-state index contributed by atoms with van der Waals surface area (Å²) in [4.78, 5) is 0. The molecule has 0 atom stereocenters. The number of benzene rings is 1. The molecule has 0 N–H and O–H groups in total. The second-order valence-corrected chi connectivity index (χ2v) is 3.50. The Labute approximate surface area is 76.6 Å². The molecular formula is C10H11ClO. The molecule has 0 saturated heterocycles. The molecule has 0 amide bonds. The van der Waals surface area contributed by atoms with Gasteiger partial charge in [-0.3, -0.25) is 0 Å². The van der Waals surface area contributed by atoms with Gasteiger partial charge in [0.2, 0.25) is 0 Å². The molecule has 0 aliphatic rings. The number of hydrogen-bond donors (Lipinski definition) is 0. The lowest BCUT2D eigenvalue weighted by molar-refractivity contribution is 0.670. The Morgan fingerprint density at radius 2 is 2.25 bits per heavy atom. The summed E-state index contributed by atoms with van der Waals surface area (Å²) in [6.45, 7) is 2.08. The first-order valence-electron chi connectivity index (χ1n) is 4.18. The van der Waals surface area contributed by atoms with Crippen LogP contribution < -0.4 is 0 Å². The lowest BCUT2D eigenvalue weighted by Crippen LogP contribution is -1.85. The minimum absolute atomic E-state index is 0.725. The van der Waals surface area contributed by atoms with E-state index in [9.17, 15) is 0 Å². The van der Waals surface area contributed by atoms with Crippen molar-refractivity contribution in [2.75, 3.05) is 5.88 Å². The van der Waals surface area contributed by atoms with Gasteiger partial charge in [0.15, 0.2) is 0 Å². The standard InChI is InChI=1S/C10H11ClO/c1-7-5-9-6-8(3-2-4-11)10(7)12-9/h5-6H,2-4H2,1H3. The minimum Gasteiger partial charge on any atom is -0.457 e. The van der Waals surface area contributed by atoms with Crippen molar-refractivity contribution < 1.29 is 4.42 Å². The molecule has 2 bridgehead atoms. The van der Waals surface area contributed by atoms with Crippen molar-refractivity contribution in [1.82, 2.24) is 0 Å². The highest BCUT2D eigenvalue weighted by atomic mass is 35.5. The van der Waals surface area contributed by atoms with Crippen LogP contribution in [0.5, 0.6) is 0 Å². The van der Waals surface area contributed by atoms with E-state index in [2.05, 4.69) is 19.1 Å². The first-order chi connectivity index (χ1) is 5.81.